The van der Waals surface area contributed by atoms with Gasteiger partial charge in [0, 0.05) is 13.1 Å². The number of carboxylic acid groups (broad SMARTS) is 1. The fourth-order valence-corrected chi connectivity index (χ4v) is 3.11. The molecule has 2 rings (SSSR count). The van der Waals surface area contributed by atoms with Gasteiger partial charge in [-0.15, -0.1) is 0 Å². The highest BCUT2D eigenvalue weighted by Gasteiger charge is 2.67. The molecule has 0 spiro atoms. The first-order valence-corrected chi connectivity index (χ1v) is 6.43. The summed E-state index contributed by atoms with van der Waals surface area (Å²) in [7, 11) is 0. The largest absolute Gasteiger partial charge is 0.481 e. The van der Waals surface area contributed by atoms with Crippen molar-refractivity contribution in [3.8, 4) is 0 Å². The van der Waals surface area contributed by atoms with Gasteiger partial charge in [-0.1, -0.05) is 13.8 Å². The van der Waals surface area contributed by atoms with Gasteiger partial charge in [-0.2, -0.15) is 0 Å². The summed E-state index contributed by atoms with van der Waals surface area (Å²) < 4.78 is 0. The molecule has 2 amide bonds. The van der Waals surface area contributed by atoms with E-state index in [1.165, 1.54) is 0 Å². The van der Waals surface area contributed by atoms with Gasteiger partial charge in [-0.25, -0.2) is 0 Å². The maximum absolute atomic E-state index is 12.4. The molecular formula is C13H20N2O4. The molecule has 106 valence electrons. The van der Waals surface area contributed by atoms with Gasteiger partial charge in [0.15, 0.2) is 0 Å². The highest BCUT2D eigenvalue weighted by Crippen LogP contribution is 2.59. The fourth-order valence-electron chi connectivity index (χ4n) is 3.11. The first-order chi connectivity index (χ1) is 8.61. The number of amides is 2. The van der Waals surface area contributed by atoms with Crippen molar-refractivity contribution in [2.45, 2.75) is 27.2 Å². The summed E-state index contributed by atoms with van der Waals surface area (Å²) in [6.45, 7) is 6.09. The zero-order chi connectivity index (χ0) is 14.6. The average Bonchev–Trinajstić information content (AvgIpc) is 2.66. The van der Waals surface area contributed by atoms with Crippen molar-refractivity contribution in [3.05, 3.63) is 0 Å². The van der Waals surface area contributed by atoms with Crippen LogP contribution in [0.5, 0.6) is 0 Å². The smallest absolute Gasteiger partial charge is 0.307 e. The second kappa shape index (κ2) is 3.95. The van der Waals surface area contributed by atoms with Gasteiger partial charge in [0.2, 0.25) is 11.8 Å². The molecule has 2 aliphatic rings. The zero-order valence-electron chi connectivity index (χ0n) is 11.5. The molecule has 0 aromatic carbocycles. The Morgan fingerprint density at radius 1 is 1.21 bits per heavy atom. The maximum Gasteiger partial charge on any atom is 0.307 e. The second-order valence-corrected chi connectivity index (χ2v) is 6.55. The summed E-state index contributed by atoms with van der Waals surface area (Å²) in [6.07, 6.45) is 0.541. The lowest BCUT2D eigenvalue weighted by Gasteiger charge is -2.21. The van der Waals surface area contributed by atoms with Crippen LogP contribution in [-0.4, -0.2) is 40.9 Å². The number of primary amides is 1. The number of hydrogen-bond acceptors (Lipinski definition) is 3. The number of rotatable bonds is 3. The van der Waals surface area contributed by atoms with E-state index in [4.69, 9.17) is 10.8 Å². The van der Waals surface area contributed by atoms with Crippen molar-refractivity contribution in [3.63, 3.8) is 0 Å². The molecule has 3 atom stereocenters. The van der Waals surface area contributed by atoms with E-state index in [0.29, 0.717) is 19.5 Å². The molecule has 3 unspecified atom stereocenters. The van der Waals surface area contributed by atoms with E-state index in [0.717, 1.165) is 0 Å². The molecule has 0 radical (unpaired) electrons. The Morgan fingerprint density at radius 3 is 2.16 bits per heavy atom. The van der Waals surface area contributed by atoms with Crippen LogP contribution in [0.1, 0.15) is 27.2 Å². The average molecular weight is 268 g/mol. The molecule has 1 aliphatic heterocycles. The van der Waals surface area contributed by atoms with Crippen LogP contribution in [-0.2, 0) is 14.4 Å². The first kappa shape index (κ1) is 13.8. The molecule has 0 bridgehead atoms. The first-order valence-electron chi connectivity index (χ1n) is 6.43. The van der Waals surface area contributed by atoms with Crippen molar-refractivity contribution >= 4 is 17.8 Å². The topological polar surface area (TPSA) is 101 Å². The summed E-state index contributed by atoms with van der Waals surface area (Å²) in [6, 6.07) is 0. The summed E-state index contributed by atoms with van der Waals surface area (Å²) in [5, 5.41) is 9.10. The number of aliphatic carboxylic acids is 1. The van der Waals surface area contributed by atoms with E-state index in [-0.39, 0.29) is 5.91 Å². The highest BCUT2D eigenvalue weighted by molar-refractivity contribution is 5.92. The minimum atomic E-state index is -0.930. The van der Waals surface area contributed by atoms with Crippen LogP contribution in [0.3, 0.4) is 0 Å². The maximum atomic E-state index is 12.4. The lowest BCUT2D eigenvalue weighted by atomic mass is 9.89. The monoisotopic (exact) mass is 268 g/mol. The molecule has 6 heteroatoms. The van der Waals surface area contributed by atoms with Crippen LogP contribution in [0.4, 0.5) is 0 Å². The molecule has 1 saturated heterocycles. The molecule has 1 heterocycles. The van der Waals surface area contributed by atoms with Crippen molar-refractivity contribution < 1.29 is 19.5 Å². The predicted octanol–water partition coefficient (Wildman–Crippen LogP) is 0.0671. The van der Waals surface area contributed by atoms with Crippen LogP contribution < -0.4 is 5.73 Å². The number of nitrogens with zero attached hydrogens (tertiary/aromatic N) is 1. The molecule has 1 saturated carbocycles. The Bertz CT molecular complexity index is 460. The van der Waals surface area contributed by atoms with Gasteiger partial charge in [0.05, 0.1) is 17.3 Å². The lowest BCUT2D eigenvalue weighted by Crippen LogP contribution is -2.39. The van der Waals surface area contributed by atoms with Crippen LogP contribution in [0, 0.1) is 22.7 Å². The SMILES string of the molecule is CC1(C(N)=O)CCN(C(=O)C2C(C(=O)O)C2(C)C)C1. The molecule has 0 aromatic rings. The van der Waals surface area contributed by atoms with E-state index in [9.17, 15) is 14.4 Å². The van der Waals surface area contributed by atoms with Gasteiger partial charge in [0.1, 0.15) is 0 Å². The van der Waals surface area contributed by atoms with Crippen molar-refractivity contribution in [2.75, 3.05) is 13.1 Å². The number of hydrogen-bond donors (Lipinski definition) is 2. The third kappa shape index (κ3) is 1.99. The number of carboxylic acids is 1. The number of carbonyl (C=O) groups is 3. The van der Waals surface area contributed by atoms with E-state index in [1.54, 1.807) is 25.7 Å². The van der Waals surface area contributed by atoms with Crippen molar-refractivity contribution in [1.29, 1.82) is 0 Å². The fraction of sp³-hybridized carbons (Fsp3) is 0.769. The van der Waals surface area contributed by atoms with Gasteiger partial charge in [-0.3, -0.25) is 14.4 Å². The third-order valence-corrected chi connectivity index (χ3v) is 4.74. The van der Waals surface area contributed by atoms with E-state index in [1.807, 2.05) is 0 Å². The minimum Gasteiger partial charge on any atom is -0.481 e. The van der Waals surface area contributed by atoms with Gasteiger partial charge < -0.3 is 15.7 Å². The summed E-state index contributed by atoms with van der Waals surface area (Å²) in [5.74, 6) is -2.61. The minimum absolute atomic E-state index is 0.164. The van der Waals surface area contributed by atoms with E-state index >= 15 is 0 Å². The Kier molecular flexibility index (Phi) is 2.88. The van der Waals surface area contributed by atoms with Crippen molar-refractivity contribution in [2.24, 2.45) is 28.4 Å². The second-order valence-electron chi connectivity index (χ2n) is 6.55. The predicted molar refractivity (Wildman–Crippen MR) is 66.9 cm³/mol. The van der Waals surface area contributed by atoms with Crippen molar-refractivity contribution in [1.82, 2.24) is 4.90 Å². The normalized spacial score (nSPS) is 36.1. The summed E-state index contributed by atoms with van der Waals surface area (Å²) >= 11 is 0. The van der Waals surface area contributed by atoms with Gasteiger partial charge in [-0.05, 0) is 18.8 Å². The molecule has 1 aliphatic carbocycles. The molecule has 6 nitrogen and oxygen atoms in total. The zero-order valence-corrected chi connectivity index (χ0v) is 11.5. The Labute approximate surface area is 111 Å². The van der Waals surface area contributed by atoms with Crippen LogP contribution in [0.25, 0.3) is 0 Å². The van der Waals surface area contributed by atoms with Crippen LogP contribution >= 0.6 is 0 Å². The number of nitrogens with two attached hydrogens (primary N) is 1. The summed E-state index contributed by atoms with van der Waals surface area (Å²) in [5.41, 5.74) is 4.15. The van der Waals surface area contributed by atoms with Gasteiger partial charge in [0.25, 0.3) is 0 Å². The van der Waals surface area contributed by atoms with Crippen LogP contribution in [0.15, 0.2) is 0 Å². The molecule has 2 fully saturated rings. The Balaban J connectivity index is 2.08. The molecule has 3 N–H and O–H groups in total. The number of carbonyl (C=O) groups excluding carboxylic acids is 2. The summed E-state index contributed by atoms with van der Waals surface area (Å²) in [4.78, 5) is 36.4. The quantitative estimate of drug-likeness (QED) is 0.756. The Morgan fingerprint density at radius 2 is 1.79 bits per heavy atom. The van der Waals surface area contributed by atoms with E-state index < -0.39 is 34.5 Å². The van der Waals surface area contributed by atoms with Crippen LogP contribution in [0.2, 0.25) is 0 Å². The molecular weight excluding hydrogens is 248 g/mol. The molecule has 0 aromatic heterocycles. The lowest BCUT2D eigenvalue weighted by molar-refractivity contribution is -0.142. The standard InChI is InChI=1S/C13H20N2O4/c1-12(2)7(8(12)10(17)18)9(16)15-5-4-13(3,6-15)11(14)19/h7-8H,4-6H2,1-3H3,(H2,14,19)(H,17,18). The number of likely N-dealkylation sites (tertiary alicyclic amines) is 1. The Hall–Kier alpha value is -1.59. The van der Waals surface area contributed by atoms with Gasteiger partial charge >= 0.3 is 5.97 Å². The highest BCUT2D eigenvalue weighted by atomic mass is 16.4. The van der Waals surface area contributed by atoms with E-state index in [2.05, 4.69) is 0 Å². The third-order valence-electron chi connectivity index (χ3n) is 4.74. The molecule has 19 heavy (non-hydrogen) atoms.